The highest BCUT2D eigenvalue weighted by molar-refractivity contribution is 6.30. The molecule has 0 radical (unpaired) electrons. The zero-order valence-electron chi connectivity index (χ0n) is 13.1. The van der Waals surface area contributed by atoms with Crippen molar-refractivity contribution in [2.75, 3.05) is 13.7 Å². The summed E-state index contributed by atoms with van der Waals surface area (Å²) in [6.45, 7) is 0.187. The van der Waals surface area contributed by atoms with E-state index in [2.05, 4.69) is 0 Å². The normalized spacial score (nSPS) is 16.0. The van der Waals surface area contributed by atoms with Crippen LogP contribution >= 0.6 is 11.6 Å². The Bertz CT molecular complexity index is 763. The van der Waals surface area contributed by atoms with E-state index < -0.39 is 17.7 Å². The van der Waals surface area contributed by atoms with E-state index >= 15 is 0 Å². The number of carbonyl (C=O) groups excluding carboxylic acids is 1. The number of rotatable bonds is 4. The van der Waals surface area contributed by atoms with Crippen molar-refractivity contribution >= 4 is 17.6 Å². The molecule has 0 unspecified atom stereocenters. The minimum Gasteiger partial charge on any atom is -0.496 e. The first kappa shape index (κ1) is 16.6. The largest absolute Gasteiger partial charge is 0.496 e. The number of hydrogen-bond acceptors (Lipinski definition) is 4. The fourth-order valence-corrected chi connectivity index (χ4v) is 2.84. The monoisotopic (exact) mass is 350 g/mol. The molecule has 0 N–H and O–H groups in total. The Balaban J connectivity index is 1.65. The smallest absolute Gasteiger partial charge is 0.313 e. The van der Waals surface area contributed by atoms with Crippen molar-refractivity contribution < 1.29 is 23.4 Å². The molecule has 3 rings (SSSR count). The summed E-state index contributed by atoms with van der Waals surface area (Å²) in [5, 5.41) is 0.593. The number of fused-ring (bicyclic) bond motifs is 1. The highest BCUT2D eigenvalue weighted by Crippen LogP contribution is 2.30. The van der Waals surface area contributed by atoms with Gasteiger partial charge in [0, 0.05) is 10.6 Å². The lowest BCUT2D eigenvalue weighted by Gasteiger charge is -2.24. The first-order chi connectivity index (χ1) is 11.6. The fraction of sp³-hybridized carbons (Fsp3) is 0.278. The van der Waals surface area contributed by atoms with Crippen molar-refractivity contribution in [3.63, 3.8) is 0 Å². The molecule has 24 heavy (non-hydrogen) atoms. The van der Waals surface area contributed by atoms with Gasteiger partial charge in [-0.05, 0) is 48.4 Å². The molecule has 0 saturated carbocycles. The van der Waals surface area contributed by atoms with Crippen LogP contribution < -0.4 is 9.47 Å². The number of carbonyl (C=O) groups is 1. The summed E-state index contributed by atoms with van der Waals surface area (Å²) in [6, 6.07) is 9.40. The van der Waals surface area contributed by atoms with Gasteiger partial charge in [-0.3, -0.25) is 4.79 Å². The molecule has 2 aromatic carbocycles. The lowest BCUT2D eigenvalue weighted by molar-refractivity contribution is -0.151. The van der Waals surface area contributed by atoms with Gasteiger partial charge < -0.3 is 14.2 Å². The van der Waals surface area contributed by atoms with Crippen LogP contribution in [0.2, 0.25) is 5.02 Å². The van der Waals surface area contributed by atoms with E-state index in [9.17, 15) is 9.18 Å². The minimum absolute atomic E-state index is 0.0569. The third-order valence-corrected chi connectivity index (χ3v) is 4.11. The molecule has 0 saturated heterocycles. The van der Waals surface area contributed by atoms with Gasteiger partial charge in [0.15, 0.2) is 0 Å². The first-order valence-corrected chi connectivity index (χ1v) is 7.85. The molecule has 1 heterocycles. The van der Waals surface area contributed by atoms with Gasteiger partial charge in [-0.2, -0.15) is 0 Å². The van der Waals surface area contributed by atoms with Gasteiger partial charge in [0.25, 0.3) is 0 Å². The molecule has 0 spiro atoms. The summed E-state index contributed by atoms with van der Waals surface area (Å²) in [7, 11) is 1.48. The van der Waals surface area contributed by atoms with Gasteiger partial charge >= 0.3 is 5.97 Å². The second kappa shape index (κ2) is 7.09. The maximum Gasteiger partial charge on any atom is 0.313 e. The van der Waals surface area contributed by atoms with Crippen LogP contribution in [-0.2, 0) is 22.6 Å². The average Bonchev–Trinajstić information content (AvgIpc) is 2.59. The number of benzene rings is 2. The van der Waals surface area contributed by atoms with Crippen LogP contribution in [0, 0.1) is 11.7 Å². The Morgan fingerprint density at radius 2 is 2.17 bits per heavy atom. The fourth-order valence-electron chi connectivity index (χ4n) is 2.64. The van der Waals surface area contributed by atoms with Crippen LogP contribution in [0.3, 0.4) is 0 Å². The van der Waals surface area contributed by atoms with Crippen molar-refractivity contribution in [1.29, 1.82) is 0 Å². The molecule has 1 atom stereocenters. The van der Waals surface area contributed by atoms with Crippen LogP contribution in [-0.4, -0.2) is 19.7 Å². The predicted octanol–water partition coefficient (Wildman–Crippen LogP) is 3.78. The van der Waals surface area contributed by atoms with Crippen molar-refractivity contribution in [1.82, 2.24) is 0 Å². The molecular formula is C18H16ClFO4. The molecule has 0 fully saturated rings. The molecule has 2 aromatic rings. The Kier molecular flexibility index (Phi) is 4.90. The number of hydrogen-bond donors (Lipinski definition) is 0. The predicted molar refractivity (Wildman–Crippen MR) is 86.9 cm³/mol. The number of methoxy groups -OCH3 is 1. The Hall–Kier alpha value is -2.27. The van der Waals surface area contributed by atoms with E-state index in [0.29, 0.717) is 22.8 Å². The van der Waals surface area contributed by atoms with E-state index in [-0.39, 0.29) is 13.2 Å². The summed E-state index contributed by atoms with van der Waals surface area (Å²) in [5.41, 5.74) is 1.35. The van der Waals surface area contributed by atoms with Gasteiger partial charge in [-0.1, -0.05) is 11.6 Å². The Morgan fingerprint density at radius 3 is 2.96 bits per heavy atom. The molecule has 0 aliphatic carbocycles. The van der Waals surface area contributed by atoms with Crippen LogP contribution in [0.15, 0.2) is 36.4 Å². The summed E-state index contributed by atoms with van der Waals surface area (Å²) in [5.74, 6) is -0.0228. The van der Waals surface area contributed by atoms with Crippen molar-refractivity contribution in [3.05, 3.63) is 58.4 Å². The molecule has 1 aliphatic heterocycles. The van der Waals surface area contributed by atoms with Gasteiger partial charge in [-0.25, -0.2) is 4.39 Å². The van der Waals surface area contributed by atoms with E-state index in [4.69, 9.17) is 25.8 Å². The Labute approximate surface area is 144 Å². The average molecular weight is 351 g/mol. The van der Waals surface area contributed by atoms with Gasteiger partial charge in [0.05, 0.1) is 13.0 Å². The third-order valence-electron chi connectivity index (χ3n) is 3.87. The molecule has 6 heteroatoms. The molecule has 0 amide bonds. The van der Waals surface area contributed by atoms with E-state index in [0.717, 1.165) is 11.3 Å². The first-order valence-electron chi connectivity index (χ1n) is 7.47. The highest BCUT2D eigenvalue weighted by atomic mass is 35.5. The summed E-state index contributed by atoms with van der Waals surface area (Å²) in [6.07, 6.45) is 0.495. The second-order valence-electron chi connectivity index (χ2n) is 5.53. The molecule has 0 aromatic heterocycles. The summed E-state index contributed by atoms with van der Waals surface area (Å²) in [4.78, 5) is 12.3. The quantitative estimate of drug-likeness (QED) is 0.787. The van der Waals surface area contributed by atoms with E-state index in [1.807, 2.05) is 0 Å². The third kappa shape index (κ3) is 3.62. The van der Waals surface area contributed by atoms with Crippen molar-refractivity contribution in [2.24, 2.45) is 5.92 Å². The molecule has 0 bridgehead atoms. The van der Waals surface area contributed by atoms with E-state index in [1.54, 1.807) is 18.2 Å². The number of ether oxygens (including phenoxy) is 3. The summed E-state index contributed by atoms with van der Waals surface area (Å²) >= 11 is 5.97. The van der Waals surface area contributed by atoms with Gasteiger partial charge in [0.1, 0.15) is 30.5 Å². The van der Waals surface area contributed by atoms with Gasteiger partial charge in [0.2, 0.25) is 0 Å². The zero-order valence-corrected chi connectivity index (χ0v) is 13.8. The second-order valence-corrected chi connectivity index (χ2v) is 5.96. The van der Waals surface area contributed by atoms with Crippen LogP contribution in [0.25, 0.3) is 0 Å². The van der Waals surface area contributed by atoms with Crippen molar-refractivity contribution in [3.8, 4) is 11.5 Å². The SMILES string of the molecule is COc1ccc(F)cc1COC(=O)[C@@H]1COc2ccc(Cl)cc2C1. The maximum atomic E-state index is 13.3. The molecule has 126 valence electrons. The van der Waals surface area contributed by atoms with Crippen LogP contribution in [0.5, 0.6) is 11.5 Å². The lowest BCUT2D eigenvalue weighted by Crippen LogP contribution is -2.29. The van der Waals surface area contributed by atoms with Gasteiger partial charge in [-0.15, -0.1) is 0 Å². The number of halogens is 2. The highest BCUT2D eigenvalue weighted by Gasteiger charge is 2.27. The zero-order chi connectivity index (χ0) is 17.1. The molecule has 1 aliphatic rings. The topological polar surface area (TPSA) is 44.8 Å². The maximum absolute atomic E-state index is 13.3. The van der Waals surface area contributed by atoms with E-state index in [1.165, 1.54) is 25.3 Å². The summed E-state index contributed by atoms with van der Waals surface area (Å²) < 4.78 is 29.4. The Morgan fingerprint density at radius 1 is 1.33 bits per heavy atom. The molecule has 4 nitrogen and oxygen atoms in total. The van der Waals surface area contributed by atoms with Crippen molar-refractivity contribution in [2.45, 2.75) is 13.0 Å². The standard InChI is InChI=1S/C18H16ClFO4/c1-22-16-5-3-15(20)8-12(16)9-24-18(21)13-6-11-7-14(19)2-4-17(11)23-10-13/h2-5,7-8,13H,6,9-10H2,1H3/t13-/m0/s1. The number of esters is 1. The molecular weight excluding hydrogens is 335 g/mol. The van der Waals surface area contributed by atoms with Crippen LogP contribution in [0.1, 0.15) is 11.1 Å². The minimum atomic E-state index is -0.421. The van der Waals surface area contributed by atoms with Crippen LogP contribution in [0.4, 0.5) is 4.39 Å². The lowest BCUT2D eigenvalue weighted by atomic mass is 9.97.